The third-order valence-corrected chi connectivity index (χ3v) is 5.53. The van der Waals surface area contributed by atoms with Crippen molar-refractivity contribution in [2.45, 2.75) is 79.2 Å². The van der Waals surface area contributed by atoms with E-state index in [2.05, 4.69) is 44.3 Å². The fourth-order valence-electron chi connectivity index (χ4n) is 2.95. The summed E-state index contributed by atoms with van der Waals surface area (Å²) in [4.78, 5) is 23.2. The van der Waals surface area contributed by atoms with Gasteiger partial charge in [-0.3, -0.25) is 9.59 Å². The summed E-state index contributed by atoms with van der Waals surface area (Å²) in [5.41, 5.74) is 5.48. The minimum atomic E-state index is -0.454. The molecule has 206 valence electrons. The Kier molecular flexibility index (Phi) is 18.9. The molecule has 0 heterocycles. The van der Waals surface area contributed by atoms with E-state index < -0.39 is 12.0 Å². The van der Waals surface area contributed by atoms with Crippen molar-refractivity contribution in [3.05, 3.63) is 52.8 Å². The molecule has 1 aromatic carbocycles. The predicted octanol–water partition coefficient (Wildman–Crippen LogP) is 6.09. The van der Waals surface area contributed by atoms with Gasteiger partial charge in [0, 0.05) is 24.3 Å². The summed E-state index contributed by atoms with van der Waals surface area (Å²) < 4.78 is 14.9. The molecule has 1 amide bonds. The van der Waals surface area contributed by atoms with Crippen LogP contribution in [0.5, 0.6) is 11.5 Å². The summed E-state index contributed by atoms with van der Waals surface area (Å²) in [5, 5.41) is 14.1. The van der Waals surface area contributed by atoms with Crippen molar-refractivity contribution in [1.29, 1.82) is 0 Å². The first-order valence-electron chi connectivity index (χ1n) is 12.6. The van der Waals surface area contributed by atoms with Gasteiger partial charge < -0.3 is 19.3 Å². The Morgan fingerprint density at radius 1 is 1.16 bits per heavy atom. The lowest BCUT2D eigenvalue weighted by Crippen LogP contribution is -2.20. The van der Waals surface area contributed by atoms with Crippen molar-refractivity contribution >= 4 is 24.7 Å². The van der Waals surface area contributed by atoms with Crippen LogP contribution in [0.2, 0.25) is 0 Å². The van der Waals surface area contributed by atoms with Gasteiger partial charge in [0.15, 0.2) is 0 Å². The minimum absolute atomic E-state index is 0.0620. The van der Waals surface area contributed by atoms with Gasteiger partial charge in [-0.1, -0.05) is 44.8 Å². The number of allylic oxidation sites excluding steroid dienone is 2. The van der Waals surface area contributed by atoms with E-state index in [-0.39, 0.29) is 18.0 Å². The van der Waals surface area contributed by atoms with E-state index in [1.807, 2.05) is 0 Å². The molecule has 0 aliphatic carbocycles. The number of rotatable bonds is 15. The van der Waals surface area contributed by atoms with Gasteiger partial charge in [-0.15, -0.1) is 0 Å². The van der Waals surface area contributed by atoms with E-state index in [0.29, 0.717) is 17.6 Å². The molecule has 0 saturated carbocycles. The average molecular weight is 517 g/mol. The van der Waals surface area contributed by atoms with Gasteiger partial charge >= 0.3 is 0 Å². The van der Waals surface area contributed by atoms with Gasteiger partial charge in [0.05, 0.1) is 19.6 Å². The molecule has 0 radical (unpaired) electrons. The smallest absolute Gasteiger partial charge is 0.298 e. The van der Waals surface area contributed by atoms with Crippen molar-refractivity contribution in [2.24, 2.45) is 5.10 Å². The Morgan fingerprint density at radius 3 is 2.43 bits per heavy atom. The van der Waals surface area contributed by atoms with Crippen molar-refractivity contribution in [1.82, 2.24) is 5.43 Å². The zero-order valence-corrected chi connectivity index (χ0v) is 23.4. The highest BCUT2D eigenvalue weighted by molar-refractivity contribution is 5.97. The molecule has 0 aromatic heterocycles. The lowest BCUT2D eigenvalue weighted by atomic mass is 10.0. The number of hydrogen-bond donors (Lipinski definition) is 2. The molecule has 0 aliphatic heterocycles. The van der Waals surface area contributed by atoms with E-state index in [1.165, 1.54) is 44.8 Å². The van der Waals surface area contributed by atoms with Gasteiger partial charge in [0.1, 0.15) is 17.6 Å². The van der Waals surface area contributed by atoms with Gasteiger partial charge in [-0.25, -0.2) is 5.43 Å². The molecule has 1 rings (SSSR count). The van der Waals surface area contributed by atoms with Crippen molar-refractivity contribution in [3.63, 3.8) is 0 Å². The third kappa shape index (κ3) is 14.7. The topological polar surface area (TPSA) is 106 Å². The van der Waals surface area contributed by atoms with Crippen LogP contribution in [0.15, 0.2) is 46.8 Å². The first-order valence-corrected chi connectivity index (χ1v) is 12.6. The van der Waals surface area contributed by atoms with Crippen LogP contribution >= 0.6 is 0 Å². The quantitative estimate of drug-likeness (QED) is 0.0555. The molecule has 0 aliphatic rings. The first-order chi connectivity index (χ1) is 17.8. The number of methoxy groups -OCH3 is 2. The Labute approximate surface area is 222 Å². The lowest BCUT2D eigenvalue weighted by Gasteiger charge is -2.11. The van der Waals surface area contributed by atoms with Gasteiger partial charge in [-0.2, -0.15) is 5.10 Å². The van der Waals surface area contributed by atoms with Crippen LogP contribution < -0.4 is 10.2 Å². The van der Waals surface area contributed by atoms with Gasteiger partial charge in [-0.05, 0) is 63.8 Å². The normalized spacial score (nSPS) is 12.7. The second-order valence-corrected chi connectivity index (χ2v) is 8.34. The molecule has 8 heteroatoms. The Hall–Kier alpha value is -3.39. The number of aromatic hydroxyl groups is 1. The highest BCUT2D eigenvalue weighted by Crippen LogP contribution is 2.31. The number of amides is 1. The average Bonchev–Trinajstić information content (AvgIpc) is 2.90. The number of phenolic OH excluding ortho intramolecular Hbond substituents is 1. The maximum absolute atomic E-state index is 12.4. The molecule has 0 saturated heterocycles. The monoisotopic (exact) mass is 516 g/mol. The summed E-state index contributed by atoms with van der Waals surface area (Å²) in [6, 6.07) is 3.13. The van der Waals surface area contributed by atoms with Crippen LogP contribution in [-0.2, 0) is 25.5 Å². The molecular formula is C29H44N2O6. The van der Waals surface area contributed by atoms with Crippen LogP contribution in [0.3, 0.4) is 0 Å². The Morgan fingerprint density at radius 2 is 1.89 bits per heavy atom. The van der Waals surface area contributed by atoms with E-state index >= 15 is 0 Å². The zero-order chi connectivity index (χ0) is 28.1. The number of hydrazone groups is 1. The molecule has 1 aromatic rings. The number of aryl methyl sites for hydroxylation is 1. The summed E-state index contributed by atoms with van der Waals surface area (Å²) in [6.45, 7) is 10.4. The number of ether oxygens (including phenoxy) is 3. The van der Waals surface area contributed by atoms with Gasteiger partial charge in [0.25, 0.3) is 12.4 Å². The molecular weight excluding hydrogens is 472 g/mol. The zero-order valence-electron chi connectivity index (χ0n) is 23.4. The molecule has 2 N–H and O–H groups in total. The van der Waals surface area contributed by atoms with Crippen LogP contribution in [0.4, 0.5) is 0 Å². The van der Waals surface area contributed by atoms with Crippen molar-refractivity contribution in [2.75, 3.05) is 14.2 Å². The molecule has 8 nitrogen and oxygen atoms in total. The third-order valence-electron chi connectivity index (χ3n) is 5.53. The van der Waals surface area contributed by atoms with Crippen LogP contribution in [0, 0.1) is 0 Å². The molecule has 0 spiro atoms. The largest absolute Gasteiger partial charge is 0.508 e. The fourth-order valence-corrected chi connectivity index (χ4v) is 2.95. The Bertz CT molecular complexity index is 935. The number of benzene rings is 1. The summed E-state index contributed by atoms with van der Waals surface area (Å²) >= 11 is 0. The number of carbonyl (C=O) groups excluding carboxylic acids is 2. The second kappa shape index (κ2) is 20.8. The van der Waals surface area contributed by atoms with Crippen LogP contribution in [0.1, 0.15) is 77.8 Å². The maximum Gasteiger partial charge on any atom is 0.298 e. The highest BCUT2D eigenvalue weighted by Gasteiger charge is 2.12. The fraction of sp³-hybridized carbons (Fsp3) is 0.483. The number of carbonyl (C=O) groups is 2. The number of nitrogens with zero attached hydrogens (tertiary/aromatic N) is 1. The number of hydrogen-bond acceptors (Lipinski definition) is 7. The predicted molar refractivity (Wildman–Crippen MR) is 150 cm³/mol. The summed E-state index contributed by atoms with van der Waals surface area (Å²) in [6.07, 6.45) is 13.9. The summed E-state index contributed by atoms with van der Waals surface area (Å²) in [7, 11) is 3.02. The second-order valence-electron chi connectivity index (χ2n) is 8.34. The molecule has 0 fully saturated rings. The minimum Gasteiger partial charge on any atom is -0.508 e. The van der Waals surface area contributed by atoms with Crippen LogP contribution in [0.25, 0.3) is 6.08 Å². The first kappa shape index (κ1) is 33.6. The van der Waals surface area contributed by atoms with Crippen molar-refractivity contribution in [3.8, 4) is 11.5 Å². The SMILES string of the molecule is C/C=C(\C)CC.CCCCCCc1cc(/C=C(\C)C(=O)N/N=C/C(/C=C/OC)OC)c(OC=O)cc1O. The van der Waals surface area contributed by atoms with E-state index in [9.17, 15) is 14.7 Å². The maximum atomic E-state index is 12.4. The number of nitrogens with one attached hydrogen (secondary N) is 1. The van der Waals surface area contributed by atoms with Crippen LogP contribution in [-0.4, -0.2) is 44.0 Å². The molecule has 0 bridgehead atoms. The summed E-state index contributed by atoms with van der Waals surface area (Å²) in [5.74, 6) is -0.201. The standard InChI is InChI=1S/C23H32N2O6.C6H12/c1-5-6-7-8-9-18-13-19(22(31-16-26)14-21(18)27)12-17(2)23(28)25-24-15-20(30-4)10-11-29-3;1-4-6(3)5-2/h10-16,20,27H,5-9H2,1-4H3,(H,25,28);4H,5H2,1-3H3/b11-10+,17-12+,24-15+;6-4+. The van der Waals surface area contributed by atoms with Crippen molar-refractivity contribution < 1.29 is 28.9 Å². The van der Waals surface area contributed by atoms with Gasteiger partial charge in [0.2, 0.25) is 0 Å². The Balaban J connectivity index is 0.00000192. The van der Waals surface area contributed by atoms with E-state index in [4.69, 9.17) is 14.2 Å². The molecule has 1 atom stereocenters. The van der Waals surface area contributed by atoms with E-state index in [1.54, 1.807) is 25.1 Å². The lowest BCUT2D eigenvalue weighted by molar-refractivity contribution is -0.120. The molecule has 1 unspecified atom stereocenters. The highest BCUT2D eigenvalue weighted by atomic mass is 16.5. The van der Waals surface area contributed by atoms with E-state index in [0.717, 1.165) is 31.2 Å². The number of unbranched alkanes of at least 4 members (excludes halogenated alkanes) is 3. The molecule has 37 heavy (non-hydrogen) atoms. The number of phenols is 1.